The lowest BCUT2D eigenvalue weighted by Gasteiger charge is -2.07. The highest BCUT2D eigenvalue weighted by Gasteiger charge is 2.10. The third-order valence-electron chi connectivity index (χ3n) is 1.89. The molecule has 0 spiro atoms. The van der Waals surface area contributed by atoms with Crippen LogP contribution in [0.15, 0.2) is 30.9 Å². The van der Waals surface area contributed by atoms with Gasteiger partial charge >= 0.3 is 0 Å². The molecule has 13 heavy (non-hydrogen) atoms. The van der Waals surface area contributed by atoms with E-state index in [0.29, 0.717) is 11.1 Å². The molecule has 0 aliphatic rings. The second-order valence-corrected chi connectivity index (χ2v) is 2.70. The molecular weight excluding hydrogens is 163 g/mol. The van der Waals surface area contributed by atoms with Gasteiger partial charge in [0.05, 0.1) is 5.56 Å². The quantitative estimate of drug-likeness (QED) is 0.603. The van der Waals surface area contributed by atoms with E-state index in [-0.39, 0.29) is 5.82 Å². The van der Waals surface area contributed by atoms with E-state index < -0.39 is 0 Å². The first-order valence-corrected chi connectivity index (χ1v) is 3.92. The summed E-state index contributed by atoms with van der Waals surface area (Å²) in [5, 5.41) is 0. The Morgan fingerprint density at radius 2 is 2.31 bits per heavy atom. The maximum atomic E-state index is 13.5. The molecule has 1 radical (unpaired) electrons. The summed E-state index contributed by atoms with van der Waals surface area (Å²) in [5.41, 5.74) is 0.809. The van der Waals surface area contributed by atoms with Crippen LogP contribution in [0, 0.1) is 24.1 Å². The molecule has 0 saturated heterocycles. The first-order valence-electron chi connectivity index (χ1n) is 3.92. The molecular formula is C12H10F. The van der Waals surface area contributed by atoms with Gasteiger partial charge in [-0.25, -0.2) is 4.39 Å². The second-order valence-electron chi connectivity index (χ2n) is 2.70. The molecule has 0 saturated carbocycles. The van der Waals surface area contributed by atoms with Gasteiger partial charge in [-0.05, 0) is 11.6 Å². The summed E-state index contributed by atoms with van der Waals surface area (Å²) in [6.07, 6.45) is 6.75. The highest BCUT2D eigenvalue weighted by molar-refractivity contribution is 5.44. The molecule has 0 fully saturated rings. The van der Waals surface area contributed by atoms with Gasteiger partial charge in [-0.15, -0.1) is 13.0 Å². The van der Waals surface area contributed by atoms with E-state index in [1.54, 1.807) is 31.2 Å². The summed E-state index contributed by atoms with van der Waals surface area (Å²) in [6.45, 7) is 5.38. The molecule has 0 atom stereocenters. The fraction of sp³-hybridized carbons (Fsp3) is 0.0833. The Kier molecular flexibility index (Phi) is 2.87. The van der Waals surface area contributed by atoms with Crippen molar-refractivity contribution < 1.29 is 4.39 Å². The van der Waals surface area contributed by atoms with Gasteiger partial charge in [0, 0.05) is 5.92 Å². The van der Waals surface area contributed by atoms with Crippen molar-refractivity contribution in [2.75, 3.05) is 0 Å². The Bertz CT molecular complexity index is 358. The predicted octanol–water partition coefficient (Wildman–Crippen LogP) is 2.94. The highest BCUT2D eigenvalue weighted by atomic mass is 19.1. The van der Waals surface area contributed by atoms with Gasteiger partial charge in [0.25, 0.3) is 0 Å². The topological polar surface area (TPSA) is 0 Å². The van der Waals surface area contributed by atoms with E-state index in [0.717, 1.165) is 5.92 Å². The van der Waals surface area contributed by atoms with Gasteiger partial charge in [-0.1, -0.05) is 31.1 Å². The fourth-order valence-corrected chi connectivity index (χ4v) is 1.06. The third-order valence-corrected chi connectivity index (χ3v) is 1.89. The Balaban J connectivity index is 3.25. The standard InChI is InChI=1S/C12H10F/c1-4-9(3)11-8-6-7-10(5-2)12(11)13/h2,4,6-8H,1H2,3H3. The minimum absolute atomic E-state index is 0.290. The van der Waals surface area contributed by atoms with Crippen LogP contribution in [0.4, 0.5) is 4.39 Å². The van der Waals surface area contributed by atoms with Gasteiger partial charge in [-0.2, -0.15) is 0 Å². The zero-order valence-corrected chi connectivity index (χ0v) is 7.47. The zero-order chi connectivity index (χ0) is 9.84. The zero-order valence-electron chi connectivity index (χ0n) is 7.47. The molecule has 1 rings (SSSR count). The number of hydrogen-bond donors (Lipinski definition) is 0. The molecule has 1 aromatic carbocycles. The predicted molar refractivity (Wildman–Crippen MR) is 52.6 cm³/mol. The van der Waals surface area contributed by atoms with E-state index in [2.05, 4.69) is 12.5 Å². The van der Waals surface area contributed by atoms with Crippen molar-refractivity contribution in [1.82, 2.24) is 0 Å². The average Bonchev–Trinajstić information content (AvgIpc) is 2.17. The average molecular weight is 173 g/mol. The first-order chi connectivity index (χ1) is 6.20. The van der Waals surface area contributed by atoms with Crippen molar-refractivity contribution in [2.24, 2.45) is 0 Å². The number of halogens is 1. The molecule has 65 valence electrons. The molecule has 1 heteroatoms. The number of hydrogen-bond acceptors (Lipinski definition) is 0. The maximum Gasteiger partial charge on any atom is 0.142 e. The van der Waals surface area contributed by atoms with Gasteiger partial charge in [0.1, 0.15) is 5.82 Å². The van der Waals surface area contributed by atoms with Crippen LogP contribution in [-0.4, -0.2) is 0 Å². The molecule has 0 heterocycles. The molecule has 0 aliphatic carbocycles. The molecule has 1 aromatic rings. The van der Waals surface area contributed by atoms with E-state index in [1.807, 2.05) is 0 Å². The van der Waals surface area contributed by atoms with Gasteiger partial charge < -0.3 is 0 Å². The van der Waals surface area contributed by atoms with Crippen LogP contribution in [0.2, 0.25) is 0 Å². The van der Waals surface area contributed by atoms with Crippen LogP contribution in [0.25, 0.3) is 0 Å². The number of benzene rings is 1. The van der Waals surface area contributed by atoms with E-state index in [9.17, 15) is 4.39 Å². The van der Waals surface area contributed by atoms with Crippen molar-refractivity contribution >= 4 is 0 Å². The SMILES string of the molecule is C#Cc1cccc([C](C)C=C)c1F. The fourth-order valence-electron chi connectivity index (χ4n) is 1.06. The Labute approximate surface area is 78.1 Å². The number of allylic oxidation sites excluding steroid dienone is 1. The summed E-state index contributed by atoms with van der Waals surface area (Å²) in [6, 6.07) is 5.00. The lowest BCUT2D eigenvalue weighted by molar-refractivity contribution is 0.614. The summed E-state index contributed by atoms with van der Waals surface area (Å²) < 4.78 is 13.5. The van der Waals surface area contributed by atoms with Crippen LogP contribution in [0.3, 0.4) is 0 Å². The normalized spacial score (nSPS) is 9.69. The van der Waals surface area contributed by atoms with Gasteiger partial charge in [-0.3, -0.25) is 0 Å². The number of rotatable bonds is 2. The molecule has 0 bridgehead atoms. The Morgan fingerprint density at radius 3 is 2.85 bits per heavy atom. The Hall–Kier alpha value is -1.55. The highest BCUT2D eigenvalue weighted by Crippen LogP contribution is 2.20. The molecule has 0 unspecified atom stereocenters. The molecule has 0 nitrogen and oxygen atoms in total. The molecule has 0 aliphatic heterocycles. The van der Waals surface area contributed by atoms with Gasteiger partial charge in [0.2, 0.25) is 0 Å². The van der Waals surface area contributed by atoms with Crippen LogP contribution < -0.4 is 0 Å². The van der Waals surface area contributed by atoms with Crippen LogP contribution in [0.5, 0.6) is 0 Å². The minimum Gasteiger partial charge on any atom is -0.205 e. The van der Waals surface area contributed by atoms with Crippen molar-refractivity contribution in [3.8, 4) is 12.3 Å². The maximum absolute atomic E-state index is 13.5. The van der Waals surface area contributed by atoms with Crippen molar-refractivity contribution in [1.29, 1.82) is 0 Å². The molecule has 0 N–H and O–H groups in total. The van der Waals surface area contributed by atoms with Crippen molar-refractivity contribution in [3.05, 3.63) is 53.7 Å². The van der Waals surface area contributed by atoms with Crippen LogP contribution in [-0.2, 0) is 0 Å². The monoisotopic (exact) mass is 173 g/mol. The summed E-state index contributed by atoms with van der Waals surface area (Å²) in [4.78, 5) is 0. The van der Waals surface area contributed by atoms with Crippen LogP contribution >= 0.6 is 0 Å². The summed E-state index contributed by atoms with van der Waals surface area (Å²) in [7, 11) is 0. The van der Waals surface area contributed by atoms with E-state index in [1.165, 1.54) is 0 Å². The first kappa shape index (κ1) is 9.54. The van der Waals surface area contributed by atoms with E-state index in [4.69, 9.17) is 6.42 Å². The molecule has 0 aromatic heterocycles. The molecule has 0 amide bonds. The second kappa shape index (κ2) is 3.91. The van der Waals surface area contributed by atoms with Crippen molar-refractivity contribution in [3.63, 3.8) is 0 Å². The lowest BCUT2D eigenvalue weighted by Crippen LogP contribution is -1.97. The largest absolute Gasteiger partial charge is 0.205 e. The Morgan fingerprint density at radius 1 is 1.62 bits per heavy atom. The number of terminal acetylenes is 1. The summed E-state index contributed by atoms with van der Waals surface area (Å²) in [5.74, 6) is 2.73. The smallest absolute Gasteiger partial charge is 0.142 e. The summed E-state index contributed by atoms with van der Waals surface area (Å²) >= 11 is 0. The van der Waals surface area contributed by atoms with Crippen LogP contribution in [0.1, 0.15) is 18.1 Å². The minimum atomic E-state index is -0.345. The third kappa shape index (κ3) is 1.78. The lowest BCUT2D eigenvalue weighted by atomic mass is 9.98. The van der Waals surface area contributed by atoms with E-state index >= 15 is 0 Å². The van der Waals surface area contributed by atoms with Crippen molar-refractivity contribution in [2.45, 2.75) is 6.92 Å². The van der Waals surface area contributed by atoms with Gasteiger partial charge in [0.15, 0.2) is 0 Å².